The first kappa shape index (κ1) is 10.5. The lowest BCUT2D eigenvalue weighted by Gasteiger charge is -2.17. The number of thiazole rings is 1. The van der Waals surface area contributed by atoms with Crippen molar-refractivity contribution in [1.29, 1.82) is 0 Å². The van der Waals surface area contributed by atoms with Gasteiger partial charge in [-0.2, -0.15) is 0 Å². The highest BCUT2D eigenvalue weighted by Gasteiger charge is 2.23. The number of allylic oxidation sites excluding steroid dienone is 1. The van der Waals surface area contributed by atoms with E-state index in [1.54, 1.807) is 24.0 Å². The van der Waals surface area contributed by atoms with Gasteiger partial charge < -0.3 is 4.74 Å². The van der Waals surface area contributed by atoms with Gasteiger partial charge in [0.1, 0.15) is 5.82 Å². The fourth-order valence-corrected chi connectivity index (χ4v) is 3.19. The number of aryl methyl sites for hydroxylation is 1. The number of hydrogen-bond donors (Lipinski definition) is 0. The van der Waals surface area contributed by atoms with Crippen molar-refractivity contribution in [3.05, 3.63) is 39.4 Å². The standard InChI is InChI=1S/C12H10FNO2S/c1-16-6-7-4-5-14-11-9(17-12(14)15)3-2-8(13)10(7)11/h2-3,6H,4-5H2,1H3. The second-order valence-corrected chi connectivity index (χ2v) is 4.91. The van der Waals surface area contributed by atoms with Gasteiger partial charge in [0.15, 0.2) is 0 Å². The van der Waals surface area contributed by atoms with Gasteiger partial charge in [0.25, 0.3) is 0 Å². The van der Waals surface area contributed by atoms with Crippen LogP contribution in [0.5, 0.6) is 0 Å². The summed E-state index contributed by atoms with van der Waals surface area (Å²) in [5.41, 5.74) is 2.02. The molecule has 0 saturated carbocycles. The normalized spacial score (nSPS) is 16.7. The summed E-state index contributed by atoms with van der Waals surface area (Å²) in [6.07, 6.45) is 2.18. The quantitative estimate of drug-likeness (QED) is 0.729. The van der Waals surface area contributed by atoms with E-state index < -0.39 is 0 Å². The molecular weight excluding hydrogens is 241 g/mol. The van der Waals surface area contributed by atoms with E-state index in [-0.39, 0.29) is 10.7 Å². The first-order chi connectivity index (χ1) is 8.22. The first-order valence-corrected chi connectivity index (χ1v) is 6.08. The molecule has 1 aliphatic heterocycles. The van der Waals surface area contributed by atoms with E-state index in [0.29, 0.717) is 24.0 Å². The monoisotopic (exact) mass is 251 g/mol. The van der Waals surface area contributed by atoms with Crippen molar-refractivity contribution < 1.29 is 9.13 Å². The summed E-state index contributed by atoms with van der Waals surface area (Å²) in [6, 6.07) is 3.07. The van der Waals surface area contributed by atoms with E-state index in [4.69, 9.17) is 4.74 Å². The summed E-state index contributed by atoms with van der Waals surface area (Å²) >= 11 is 1.16. The second kappa shape index (κ2) is 3.70. The molecule has 0 saturated heterocycles. The van der Waals surface area contributed by atoms with Gasteiger partial charge in [-0.15, -0.1) is 0 Å². The number of hydrogen-bond acceptors (Lipinski definition) is 3. The average Bonchev–Trinajstić information content (AvgIpc) is 2.64. The van der Waals surface area contributed by atoms with Crippen molar-refractivity contribution in [1.82, 2.24) is 4.57 Å². The van der Waals surface area contributed by atoms with Gasteiger partial charge in [-0.3, -0.25) is 9.36 Å². The molecule has 1 aliphatic rings. The summed E-state index contributed by atoms with van der Waals surface area (Å²) < 4.78 is 21.4. The summed E-state index contributed by atoms with van der Waals surface area (Å²) in [5.74, 6) is -0.299. The third kappa shape index (κ3) is 1.42. The minimum atomic E-state index is -0.299. The van der Waals surface area contributed by atoms with E-state index in [9.17, 15) is 9.18 Å². The molecule has 1 aromatic carbocycles. The van der Waals surface area contributed by atoms with Crippen molar-refractivity contribution in [2.75, 3.05) is 7.11 Å². The molecule has 0 unspecified atom stereocenters. The van der Waals surface area contributed by atoms with E-state index in [2.05, 4.69) is 0 Å². The molecule has 3 rings (SSSR count). The maximum absolute atomic E-state index is 13.9. The van der Waals surface area contributed by atoms with E-state index >= 15 is 0 Å². The molecule has 3 nitrogen and oxygen atoms in total. The third-order valence-electron chi connectivity index (χ3n) is 2.96. The lowest BCUT2D eigenvalue weighted by atomic mass is 9.99. The van der Waals surface area contributed by atoms with Gasteiger partial charge in [0.05, 0.1) is 23.6 Å². The zero-order valence-electron chi connectivity index (χ0n) is 9.20. The number of ether oxygens (including phenoxy) is 1. The maximum Gasteiger partial charge on any atom is 0.308 e. The zero-order chi connectivity index (χ0) is 12.0. The number of nitrogens with zero attached hydrogens (tertiary/aromatic N) is 1. The Labute approximate surface area is 101 Å². The van der Waals surface area contributed by atoms with Crippen molar-refractivity contribution in [2.45, 2.75) is 13.0 Å². The summed E-state index contributed by atoms with van der Waals surface area (Å²) in [6.45, 7) is 0.588. The number of aromatic nitrogens is 1. The van der Waals surface area contributed by atoms with Crippen LogP contribution >= 0.6 is 11.3 Å². The predicted molar refractivity (Wildman–Crippen MR) is 65.6 cm³/mol. The van der Waals surface area contributed by atoms with Crippen LogP contribution in [-0.2, 0) is 11.3 Å². The Hall–Kier alpha value is -1.62. The lowest BCUT2D eigenvalue weighted by molar-refractivity contribution is 0.338. The minimum absolute atomic E-state index is 0.0247. The van der Waals surface area contributed by atoms with E-state index in [1.807, 2.05) is 0 Å². The molecule has 0 N–H and O–H groups in total. The number of halogens is 1. The molecule has 2 heterocycles. The number of rotatable bonds is 1. The largest absolute Gasteiger partial charge is 0.504 e. The van der Waals surface area contributed by atoms with Crippen LogP contribution in [0.3, 0.4) is 0 Å². The van der Waals surface area contributed by atoms with E-state index in [0.717, 1.165) is 21.6 Å². The predicted octanol–water partition coefficient (Wildman–Crippen LogP) is 2.59. The van der Waals surface area contributed by atoms with Gasteiger partial charge in [-0.1, -0.05) is 11.3 Å². The first-order valence-electron chi connectivity index (χ1n) is 5.26. The van der Waals surface area contributed by atoms with Gasteiger partial charge in [-0.05, 0) is 18.6 Å². The smallest absolute Gasteiger partial charge is 0.308 e. The Balaban J connectivity index is 2.46. The Morgan fingerprint density at radius 2 is 2.35 bits per heavy atom. The van der Waals surface area contributed by atoms with Crippen LogP contribution in [0.25, 0.3) is 15.8 Å². The molecule has 0 bridgehead atoms. The molecule has 0 atom stereocenters. The highest BCUT2D eigenvalue weighted by atomic mass is 32.1. The summed E-state index contributed by atoms with van der Waals surface area (Å²) in [4.78, 5) is 11.7. The van der Waals surface area contributed by atoms with Gasteiger partial charge in [-0.25, -0.2) is 4.39 Å². The molecule has 0 amide bonds. The Bertz CT molecular complexity index is 684. The van der Waals surface area contributed by atoms with Crippen LogP contribution in [0.2, 0.25) is 0 Å². The fourth-order valence-electron chi connectivity index (χ4n) is 2.26. The Kier molecular flexibility index (Phi) is 2.29. The van der Waals surface area contributed by atoms with Gasteiger partial charge in [0.2, 0.25) is 0 Å². The summed E-state index contributed by atoms with van der Waals surface area (Å²) in [5, 5.41) is 0. The van der Waals surface area contributed by atoms with Crippen molar-refractivity contribution in [3.63, 3.8) is 0 Å². The highest BCUT2D eigenvalue weighted by molar-refractivity contribution is 7.16. The van der Waals surface area contributed by atoms with Crippen LogP contribution in [0.1, 0.15) is 12.0 Å². The molecule has 0 fully saturated rings. The molecule has 5 heteroatoms. The summed E-state index contributed by atoms with van der Waals surface area (Å²) in [7, 11) is 1.54. The molecule has 2 aromatic rings. The minimum Gasteiger partial charge on any atom is -0.504 e. The molecular formula is C12H10FNO2S. The number of methoxy groups -OCH3 is 1. The van der Waals surface area contributed by atoms with Crippen molar-refractivity contribution in [2.24, 2.45) is 0 Å². The molecule has 0 radical (unpaired) electrons. The average molecular weight is 251 g/mol. The number of benzene rings is 1. The third-order valence-corrected chi connectivity index (χ3v) is 3.91. The van der Waals surface area contributed by atoms with Crippen LogP contribution in [0, 0.1) is 5.82 Å². The SMILES string of the molecule is COC=C1CCn2c(=O)sc3ccc(F)c1c32. The van der Waals surface area contributed by atoms with Gasteiger partial charge >= 0.3 is 4.87 Å². The van der Waals surface area contributed by atoms with Crippen LogP contribution < -0.4 is 4.87 Å². The van der Waals surface area contributed by atoms with Crippen molar-refractivity contribution >= 4 is 27.1 Å². The lowest BCUT2D eigenvalue weighted by Crippen LogP contribution is -2.18. The van der Waals surface area contributed by atoms with Crippen molar-refractivity contribution in [3.8, 4) is 0 Å². The second-order valence-electron chi connectivity index (χ2n) is 3.92. The van der Waals surface area contributed by atoms with E-state index in [1.165, 1.54) is 6.07 Å². The molecule has 0 spiro atoms. The highest BCUT2D eigenvalue weighted by Crippen LogP contribution is 2.35. The topological polar surface area (TPSA) is 31.2 Å². The molecule has 17 heavy (non-hydrogen) atoms. The van der Waals surface area contributed by atoms with Crippen LogP contribution in [0.15, 0.2) is 23.2 Å². The van der Waals surface area contributed by atoms with Gasteiger partial charge in [0, 0.05) is 17.7 Å². The molecule has 88 valence electrons. The van der Waals surface area contributed by atoms with Crippen LogP contribution in [0.4, 0.5) is 4.39 Å². The maximum atomic E-state index is 13.9. The zero-order valence-corrected chi connectivity index (χ0v) is 10.0. The fraction of sp³-hybridized carbons (Fsp3) is 0.250. The van der Waals surface area contributed by atoms with Crippen LogP contribution in [-0.4, -0.2) is 11.7 Å². The molecule has 1 aromatic heterocycles. The Morgan fingerprint density at radius 1 is 1.53 bits per heavy atom. The Morgan fingerprint density at radius 3 is 3.12 bits per heavy atom. The molecule has 0 aliphatic carbocycles.